The van der Waals surface area contributed by atoms with Crippen molar-refractivity contribution in [2.45, 2.75) is 20.8 Å². The molecular weight excluding hydrogens is 240 g/mol. The molecule has 0 aliphatic carbocycles. The summed E-state index contributed by atoms with van der Waals surface area (Å²) in [5.41, 5.74) is 14.1. The zero-order chi connectivity index (χ0) is 12.3. The maximum Gasteiger partial charge on any atom is 0.348 e. The van der Waals surface area contributed by atoms with Crippen LogP contribution in [0.3, 0.4) is 0 Å². The van der Waals surface area contributed by atoms with Gasteiger partial charge in [0.2, 0.25) is 0 Å². The molecule has 0 atom stereocenters. The lowest BCUT2D eigenvalue weighted by atomic mass is 10.1. The van der Waals surface area contributed by atoms with Gasteiger partial charge in [-0.3, -0.25) is 0 Å². The fourth-order valence-corrected chi connectivity index (χ4v) is 1.63. The van der Waals surface area contributed by atoms with Crippen molar-refractivity contribution in [2.75, 3.05) is 5.32 Å². The Hall–Kier alpha value is -1.75. The highest BCUT2D eigenvalue weighted by molar-refractivity contribution is 5.98. The second kappa shape index (κ2) is 6.10. The van der Waals surface area contributed by atoms with Crippen LogP contribution in [0, 0.1) is 20.8 Å². The van der Waals surface area contributed by atoms with E-state index in [-0.39, 0.29) is 18.4 Å². The Kier molecular flexibility index (Phi) is 5.47. The van der Waals surface area contributed by atoms with Crippen molar-refractivity contribution in [3.05, 3.63) is 28.8 Å². The zero-order valence-electron chi connectivity index (χ0n) is 10.1. The summed E-state index contributed by atoms with van der Waals surface area (Å²) in [5.74, 6) is -0.250. The van der Waals surface area contributed by atoms with E-state index in [4.69, 9.17) is 11.5 Å². The molecule has 0 aromatic heterocycles. The van der Waals surface area contributed by atoms with Crippen LogP contribution < -0.4 is 16.8 Å². The molecule has 0 fully saturated rings. The third-order valence-corrected chi connectivity index (χ3v) is 2.14. The van der Waals surface area contributed by atoms with Gasteiger partial charge in [0.15, 0.2) is 5.96 Å². The van der Waals surface area contributed by atoms with Crippen LogP contribution in [0.4, 0.5) is 10.5 Å². The van der Waals surface area contributed by atoms with Crippen molar-refractivity contribution in [3.63, 3.8) is 0 Å². The maximum atomic E-state index is 11.4. The molecular formula is C11H17ClN4O. The van der Waals surface area contributed by atoms with E-state index in [0.29, 0.717) is 0 Å². The molecule has 0 saturated heterocycles. The number of nitrogens with one attached hydrogen (secondary N) is 1. The van der Waals surface area contributed by atoms with E-state index in [9.17, 15) is 4.79 Å². The minimum absolute atomic E-state index is 0. The van der Waals surface area contributed by atoms with Crippen LogP contribution in [0.5, 0.6) is 0 Å². The van der Waals surface area contributed by atoms with Gasteiger partial charge in [0.1, 0.15) is 0 Å². The number of amides is 2. The third kappa shape index (κ3) is 4.32. The number of guanidine groups is 1. The van der Waals surface area contributed by atoms with Gasteiger partial charge in [-0.1, -0.05) is 17.7 Å². The molecule has 17 heavy (non-hydrogen) atoms. The highest BCUT2D eigenvalue weighted by Gasteiger charge is 2.07. The highest BCUT2D eigenvalue weighted by atomic mass is 35.5. The SMILES string of the molecule is Cc1cc(C)c(NC(=O)N=C(N)N)c(C)c1.Cl. The first-order valence-electron chi connectivity index (χ1n) is 4.88. The van der Waals surface area contributed by atoms with Crippen LogP contribution >= 0.6 is 12.4 Å². The smallest absolute Gasteiger partial charge is 0.348 e. The number of carbonyl (C=O) groups excluding carboxylic acids is 1. The number of halogens is 1. The van der Waals surface area contributed by atoms with Crippen molar-refractivity contribution in [1.82, 2.24) is 0 Å². The molecule has 0 aliphatic rings. The summed E-state index contributed by atoms with van der Waals surface area (Å²) >= 11 is 0. The highest BCUT2D eigenvalue weighted by Crippen LogP contribution is 2.21. The Morgan fingerprint density at radius 2 is 1.65 bits per heavy atom. The molecule has 1 rings (SSSR count). The number of benzene rings is 1. The minimum Gasteiger partial charge on any atom is -0.370 e. The van der Waals surface area contributed by atoms with E-state index in [0.717, 1.165) is 22.4 Å². The summed E-state index contributed by atoms with van der Waals surface area (Å²) in [6, 6.07) is 3.41. The molecule has 2 amide bonds. The number of hydrogen-bond acceptors (Lipinski definition) is 1. The van der Waals surface area contributed by atoms with Gasteiger partial charge in [-0.05, 0) is 31.9 Å². The minimum atomic E-state index is -0.560. The number of rotatable bonds is 1. The predicted molar refractivity (Wildman–Crippen MR) is 72.7 cm³/mol. The van der Waals surface area contributed by atoms with Crippen LogP contribution in [0.2, 0.25) is 0 Å². The van der Waals surface area contributed by atoms with Crippen LogP contribution in [-0.2, 0) is 0 Å². The van der Waals surface area contributed by atoms with E-state index in [1.807, 2.05) is 32.9 Å². The van der Waals surface area contributed by atoms with Crippen molar-refractivity contribution >= 4 is 30.1 Å². The molecule has 1 aromatic carbocycles. The average molecular weight is 257 g/mol. The molecule has 5 nitrogen and oxygen atoms in total. The molecule has 5 N–H and O–H groups in total. The number of anilines is 1. The molecule has 0 bridgehead atoms. The predicted octanol–water partition coefficient (Wildman–Crippen LogP) is 1.84. The van der Waals surface area contributed by atoms with Gasteiger partial charge in [-0.2, -0.15) is 4.99 Å². The lowest BCUT2D eigenvalue weighted by molar-refractivity contribution is 0.259. The molecule has 1 aromatic rings. The first-order chi connectivity index (χ1) is 7.40. The second-order valence-corrected chi connectivity index (χ2v) is 3.74. The van der Waals surface area contributed by atoms with Crippen LogP contribution in [0.25, 0.3) is 0 Å². The fourth-order valence-electron chi connectivity index (χ4n) is 1.63. The van der Waals surface area contributed by atoms with Gasteiger partial charge in [-0.25, -0.2) is 4.79 Å². The van der Waals surface area contributed by atoms with Crippen LogP contribution in [0.15, 0.2) is 17.1 Å². The average Bonchev–Trinajstić information content (AvgIpc) is 2.09. The number of aryl methyl sites for hydroxylation is 3. The standard InChI is InChI=1S/C11H16N4O.ClH/c1-6-4-7(2)9(8(3)5-6)14-11(16)15-10(12)13;/h4-5H,1-3H3,(H5,12,13,14,15,16);1H. The van der Waals surface area contributed by atoms with Crippen LogP contribution in [-0.4, -0.2) is 12.0 Å². The van der Waals surface area contributed by atoms with Gasteiger partial charge in [0.25, 0.3) is 0 Å². The van der Waals surface area contributed by atoms with Gasteiger partial charge < -0.3 is 16.8 Å². The molecule has 0 aliphatic heterocycles. The summed E-state index contributed by atoms with van der Waals surface area (Å²) in [6.07, 6.45) is 0. The van der Waals surface area contributed by atoms with E-state index >= 15 is 0 Å². The number of nitrogens with zero attached hydrogens (tertiary/aromatic N) is 1. The van der Waals surface area contributed by atoms with E-state index in [1.54, 1.807) is 0 Å². The van der Waals surface area contributed by atoms with E-state index in [1.165, 1.54) is 0 Å². The van der Waals surface area contributed by atoms with Crippen LogP contribution in [0.1, 0.15) is 16.7 Å². The van der Waals surface area contributed by atoms with Crippen molar-refractivity contribution in [2.24, 2.45) is 16.5 Å². The van der Waals surface area contributed by atoms with Gasteiger partial charge in [-0.15, -0.1) is 12.4 Å². The zero-order valence-corrected chi connectivity index (χ0v) is 10.9. The maximum absolute atomic E-state index is 11.4. The van der Waals surface area contributed by atoms with Gasteiger partial charge in [0.05, 0.1) is 0 Å². The molecule has 0 spiro atoms. The first-order valence-corrected chi connectivity index (χ1v) is 4.88. The Morgan fingerprint density at radius 3 is 2.06 bits per heavy atom. The lowest BCUT2D eigenvalue weighted by Gasteiger charge is -2.10. The Morgan fingerprint density at radius 1 is 1.18 bits per heavy atom. The lowest BCUT2D eigenvalue weighted by Crippen LogP contribution is -2.25. The number of urea groups is 1. The number of nitrogens with two attached hydrogens (primary N) is 2. The summed E-state index contributed by atoms with van der Waals surface area (Å²) in [6.45, 7) is 5.85. The Balaban J connectivity index is 0.00000256. The van der Waals surface area contributed by atoms with E-state index in [2.05, 4.69) is 10.3 Å². The Labute approximate surface area is 107 Å². The van der Waals surface area contributed by atoms with Crippen molar-refractivity contribution in [1.29, 1.82) is 0 Å². The summed E-state index contributed by atoms with van der Waals surface area (Å²) in [5, 5.41) is 2.65. The quantitative estimate of drug-likeness (QED) is 0.529. The monoisotopic (exact) mass is 256 g/mol. The largest absolute Gasteiger partial charge is 0.370 e. The Bertz CT molecular complexity index is 430. The topological polar surface area (TPSA) is 93.5 Å². The number of hydrogen-bond donors (Lipinski definition) is 3. The molecule has 94 valence electrons. The third-order valence-electron chi connectivity index (χ3n) is 2.14. The molecule has 0 unspecified atom stereocenters. The number of aliphatic imine (C=N–C) groups is 1. The van der Waals surface area contributed by atoms with Gasteiger partial charge >= 0.3 is 6.03 Å². The summed E-state index contributed by atoms with van der Waals surface area (Å²) in [7, 11) is 0. The van der Waals surface area contributed by atoms with Gasteiger partial charge in [0, 0.05) is 5.69 Å². The second-order valence-electron chi connectivity index (χ2n) is 3.74. The van der Waals surface area contributed by atoms with E-state index < -0.39 is 6.03 Å². The fraction of sp³-hybridized carbons (Fsp3) is 0.273. The number of carbonyl (C=O) groups is 1. The molecule has 0 saturated carbocycles. The normalized spacial score (nSPS) is 9.12. The molecule has 6 heteroatoms. The summed E-state index contributed by atoms with van der Waals surface area (Å²) in [4.78, 5) is 14.8. The van der Waals surface area contributed by atoms with Crippen molar-refractivity contribution in [3.8, 4) is 0 Å². The molecule has 0 radical (unpaired) electrons. The molecule has 0 heterocycles. The van der Waals surface area contributed by atoms with Crippen molar-refractivity contribution < 1.29 is 4.79 Å². The summed E-state index contributed by atoms with van der Waals surface area (Å²) < 4.78 is 0. The first kappa shape index (κ1) is 15.2.